The van der Waals surface area contributed by atoms with Gasteiger partial charge in [0, 0.05) is 12.0 Å². The lowest BCUT2D eigenvalue weighted by atomic mass is 10.1. The van der Waals surface area contributed by atoms with Crippen LogP contribution < -0.4 is 5.32 Å². The molecule has 4 heteroatoms. The van der Waals surface area contributed by atoms with Crippen molar-refractivity contribution in [2.45, 2.75) is 52.5 Å². The predicted molar refractivity (Wildman–Crippen MR) is 86.5 cm³/mol. The van der Waals surface area contributed by atoms with Gasteiger partial charge in [0.2, 0.25) is 5.95 Å². The quantitative estimate of drug-likeness (QED) is 0.878. The second-order valence-corrected chi connectivity index (χ2v) is 5.79. The average molecular weight is 284 g/mol. The Morgan fingerprint density at radius 3 is 2.38 bits per heavy atom. The first-order valence-corrected chi connectivity index (χ1v) is 7.57. The maximum absolute atomic E-state index is 4.49. The minimum absolute atomic E-state index is 0.312. The summed E-state index contributed by atoms with van der Waals surface area (Å²) in [5, 5.41) is 3.39. The zero-order chi connectivity index (χ0) is 15.2. The van der Waals surface area contributed by atoms with Gasteiger partial charge in [0.05, 0.1) is 0 Å². The molecule has 0 aliphatic rings. The second-order valence-electron chi connectivity index (χ2n) is 5.79. The summed E-state index contributed by atoms with van der Waals surface area (Å²) in [4.78, 5) is 13.2. The summed E-state index contributed by atoms with van der Waals surface area (Å²) in [6.45, 7) is 8.26. The Labute approximate surface area is 127 Å². The van der Waals surface area contributed by atoms with Crippen molar-refractivity contribution < 1.29 is 0 Å². The van der Waals surface area contributed by atoms with Gasteiger partial charge in [0.15, 0.2) is 0 Å². The summed E-state index contributed by atoms with van der Waals surface area (Å²) < 4.78 is 0. The summed E-state index contributed by atoms with van der Waals surface area (Å²) in [6.07, 6.45) is 2.10. The van der Waals surface area contributed by atoms with Crippen molar-refractivity contribution in [1.29, 1.82) is 0 Å². The number of aryl methyl sites for hydroxylation is 2. The largest absolute Gasteiger partial charge is 0.352 e. The Kier molecular flexibility index (Phi) is 5.26. The molecule has 0 radical (unpaired) electrons. The molecule has 2 rings (SSSR count). The number of nitrogens with zero attached hydrogens (tertiary/aromatic N) is 3. The monoisotopic (exact) mass is 284 g/mol. The molecule has 4 nitrogen and oxygen atoms in total. The van der Waals surface area contributed by atoms with Crippen molar-refractivity contribution in [2.24, 2.45) is 0 Å². The number of benzene rings is 1. The highest BCUT2D eigenvalue weighted by molar-refractivity contribution is 5.26. The van der Waals surface area contributed by atoms with E-state index in [0.717, 1.165) is 24.5 Å². The molecule has 0 aliphatic heterocycles. The summed E-state index contributed by atoms with van der Waals surface area (Å²) in [7, 11) is 0. The lowest BCUT2D eigenvalue weighted by molar-refractivity contribution is 0.686. The van der Waals surface area contributed by atoms with E-state index in [1.165, 1.54) is 5.56 Å². The third-order valence-corrected chi connectivity index (χ3v) is 3.37. The van der Waals surface area contributed by atoms with E-state index < -0.39 is 0 Å². The molecule has 21 heavy (non-hydrogen) atoms. The zero-order valence-electron chi connectivity index (χ0n) is 13.3. The van der Waals surface area contributed by atoms with Crippen LogP contribution in [0.3, 0.4) is 0 Å². The van der Waals surface area contributed by atoms with E-state index in [4.69, 9.17) is 0 Å². The van der Waals surface area contributed by atoms with Gasteiger partial charge in [-0.2, -0.15) is 9.97 Å². The lowest BCUT2D eigenvalue weighted by Crippen LogP contribution is -2.19. The van der Waals surface area contributed by atoms with E-state index in [0.29, 0.717) is 17.9 Å². The Morgan fingerprint density at radius 2 is 1.71 bits per heavy atom. The van der Waals surface area contributed by atoms with Crippen LogP contribution in [-0.4, -0.2) is 21.0 Å². The normalized spacial score (nSPS) is 12.4. The third kappa shape index (κ3) is 4.81. The van der Waals surface area contributed by atoms with E-state index in [1.54, 1.807) is 0 Å². The van der Waals surface area contributed by atoms with Crippen molar-refractivity contribution in [1.82, 2.24) is 15.0 Å². The average Bonchev–Trinajstić information content (AvgIpc) is 2.45. The molecule has 0 aliphatic carbocycles. The first kappa shape index (κ1) is 15.4. The Hall–Kier alpha value is -1.97. The highest BCUT2D eigenvalue weighted by Crippen LogP contribution is 2.13. The number of rotatable bonds is 6. The Morgan fingerprint density at radius 1 is 1.00 bits per heavy atom. The van der Waals surface area contributed by atoms with Crippen molar-refractivity contribution in [2.75, 3.05) is 5.32 Å². The standard InChI is InChI=1S/C17H24N4/c1-12(2)16-19-14(4)20-17(21-16)18-13(3)10-11-15-8-6-5-7-9-15/h5-9,12-13H,10-11H2,1-4H3,(H,18,19,20,21). The van der Waals surface area contributed by atoms with Crippen LogP contribution in [0.1, 0.15) is 50.3 Å². The van der Waals surface area contributed by atoms with Crippen LogP contribution in [0.5, 0.6) is 0 Å². The number of nitrogens with one attached hydrogen (secondary N) is 1. The van der Waals surface area contributed by atoms with Crippen LogP contribution in [-0.2, 0) is 6.42 Å². The molecule has 1 unspecified atom stereocenters. The number of aromatic nitrogens is 3. The molecule has 112 valence electrons. The van der Waals surface area contributed by atoms with Gasteiger partial charge < -0.3 is 5.32 Å². The van der Waals surface area contributed by atoms with Crippen molar-refractivity contribution in [3.8, 4) is 0 Å². The number of hydrogen-bond donors (Lipinski definition) is 1. The molecule has 0 amide bonds. The van der Waals surface area contributed by atoms with Gasteiger partial charge in [0.25, 0.3) is 0 Å². The van der Waals surface area contributed by atoms with E-state index in [-0.39, 0.29) is 0 Å². The second kappa shape index (κ2) is 7.16. The van der Waals surface area contributed by atoms with Gasteiger partial charge >= 0.3 is 0 Å². The van der Waals surface area contributed by atoms with Crippen LogP contribution in [0.4, 0.5) is 5.95 Å². The van der Waals surface area contributed by atoms with Gasteiger partial charge in [-0.05, 0) is 32.3 Å². The summed E-state index contributed by atoms with van der Waals surface area (Å²) in [6, 6.07) is 10.9. The SMILES string of the molecule is Cc1nc(NC(C)CCc2ccccc2)nc(C(C)C)n1. The molecule has 0 spiro atoms. The van der Waals surface area contributed by atoms with Crippen LogP contribution in [0.25, 0.3) is 0 Å². The van der Waals surface area contributed by atoms with Crippen molar-refractivity contribution in [3.63, 3.8) is 0 Å². The van der Waals surface area contributed by atoms with Crippen molar-refractivity contribution >= 4 is 5.95 Å². The smallest absolute Gasteiger partial charge is 0.226 e. The first-order chi connectivity index (χ1) is 10.0. The molecule has 0 saturated carbocycles. The lowest BCUT2D eigenvalue weighted by Gasteiger charge is -2.15. The van der Waals surface area contributed by atoms with Crippen LogP contribution >= 0.6 is 0 Å². The summed E-state index contributed by atoms with van der Waals surface area (Å²) in [5.41, 5.74) is 1.36. The molecule has 0 fully saturated rings. The molecule has 1 atom stereocenters. The number of hydrogen-bond acceptors (Lipinski definition) is 4. The van der Waals surface area contributed by atoms with Crippen LogP contribution in [0.2, 0.25) is 0 Å². The summed E-state index contributed by atoms with van der Waals surface area (Å²) in [5.74, 6) is 2.62. The van der Waals surface area contributed by atoms with E-state index >= 15 is 0 Å². The number of anilines is 1. The van der Waals surface area contributed by atoms with E-state index in [9.17, 15) is 0 Å². The highest BCUT2D eigenvalue weighted by atomic mass is 15.2. The van der Waals surface area contributed by atoms with Gasteiger partial charge in [-0.1, -0.05) is 44.2 Å². The minimum atomic E-state index is 0.312. The first-order valence-electron chi connectivity index (χ1n) is 7.57. The molecular formula is C17H24N4. The maximum atomic E-state index is 4.49. The van der Waals surface area contributed by atoms with Crippen molar-refractivity contribution in [3.05, 3.63) is 47.5 Å². The van der Waals surface area contributed by atoms with Crippen LogP contribution in [0.15, 0.2) is 30.3 Å². The molecular weight excluding hydrogens is 260 g/mol. The predicted octanol–water partition coefficient (Wildman–Crippen LogP) is 3.74. The fourth-order valence-electron chi connectivity index (χ4n) is 2.15. The minimum Gasteiger partial charge on any atom is -0.352 e. The zero-order valence-corrected chi connectivity index (χ0v) is 13.3. The molecule has 0 bridgehead atoms. The topological polar surface area (TPSA) is 50.7 Å². The van der Waals surface area contributed by atoms with Gasteiger partial charge in [-0.15, -0.1) is 0 Å². The fourth-order valence-corrected chi connectivity index (χ4v) is 2.15. The van der Waals surface area contributed by atoms with Gasteiger partial charge in [0.1, 0.15) is 11.6 Å². The third-order valence-electron chi connectivity index (χ3n) is 3.37. The molecule has 2 aromatic rings. The van der Waals surface area contributed by atoms with E-state index in [1.807, 2.05) is 13.0 Å². The van der Waals surface area contributed by atoms with E-state index in [2.05, 4.69) is 65.3 Å². The maximum Gasteiger partial charge on any atom is 0.226 e. The molecule has 1 aromatic carbocycles. The molecule has 1 aromatic heterocycles. The Balaban J connectivity index is 1.94. The van der Waals surface area contributed by atoms with Gasteiger partial charge in [-0.3, -0.25) is 0 Å². The molecule has 1 heterocycles. The fraction of sp³-hybridized carbons (Fsp3) is 0.471. The molecule has 1 N–H and O–H groups in total. The summed E-state index contributed by atoms with van der Waals surface area (Å²) >= 11 is 0. The van der Waals surface area contributed by atoms with Gasteiger partial charge in [-0.25, -0.2) is 4.98 Å². The van der Waals surface area contributed by atoms with Crippen LogP contribution in [0, 0.1) is 6.92 Å². The highest BCUT2D eigenvalue weighted by Gasteiger charge is 2.09. The molecule has 0 saturated heterocycles. The Bertz CT molecular complexity index is 566.